The summed E-state index contributed by atoms with van der Waals surface area (Å²) in [7, 11) is 0. The zero-order chi connectivity index (χ0) is 12.1. The van der Waals surface area contributed by atoms with E-state index in [1.165, 1.54) is 6.07 Å². The Morgan fingerprint density at radius 1 is 1.56 bits per heavy atom. The van der Waals surface area contributed by atoms with Crippen molar-refractivity contribution in [2.24, 2.45) is 0 Å². The Morgan fingerprint density at radius 3 is 2.81 bits per heavy atom. The smallest absolute Gasteiger partial charge is 0.306 e. The quantitative estimate of drug-likeness (QED) is 0.791. The van der Waals surface area contributed by atoms with Gasteiger partial charge in [0.05, 0.1) is 17.5 Å². The van der Waals surface area contributed by atoms with E-state index in [0.29, 0.717) is 17.5 Å². The molecule has 0 heterocycles. The van der Waals surface area contributed by atoms with Crippen molar-refractivity contribution in [3.63, 3.8) is 0 Å². The van der Waals surface area contributed by atoms with Gasteiger partial charge in [-0.25, -0.2) is 4.39 Å². The van der Waals surface area contributed by atoms with E-state index in [0.717, 1.165) is 5.56 Å². The average Bonchev–Trinajstić information content (AvgIpc) is 2.22. The van der Waals surface area contributed by atoms with Gasteiger partial charge in [-0.05, 0) is 46.5 Å². The van der Waals surface area contributed by atoms with E-state index < -0.39 is 0 Å². The van der Waals surface area contributed by atoms with Crippen LogP contribution in [0.25, 0.3) is 0 Å². The topological polar surface area (TPSA) is 26.3 Å². The first-order valence-electron chi connectivity index (χ1n) is 5.15. The van der Waals surface area contributed by atoms with Crippen molar-refractivity contribution in [3.05, 3.63) is 34.1 Å². The second kappa shape index (κ2) is 5.99. The molecule has 0 spiro atoms. The van der Waals surface area contributed by atoms with Crippen molar-refractivity contribution in [2.75, 3.05) is 6.61 Å². The first-order valence-corrected chi connectivity index (χ1v) is 5.94. The third-order valence-corrected chi connectivity index (χ3v) is 2.90. The molecular weight excluding hydrogens is 275 g/mol. The molecule has 0 aliphatic heterocycles. The summed E-state index contributed by atoms with van der Waals surface area (Å²) in [5, 5.41) is 0. The molecule has 88 valence electrons. The molecule has 1 aromatic carbocycles. The summed E-state index contributed by atoms with van der Waals surface area (Å²) in [5.74, 6) is -0.501. The minimum absolute atomic E-state index is 0.0240. The molecule has 0 aliphatic rings. The van der Waals surface area contributed by atoms with Crippen LogP contribution in [0.15, 0.2) is 22.7 Å². The van der Waals surface area contributed by atoms with Crippen molar-refractivity contribution in [1.29, 1.82) is 0 Å². The van der Waals surface area contributed by atoms with Gasteiger partial charge in [-0.15, -0.1) is 0 Å². The predicted molar refractivity (Wildman–Crippen MR) is 63.8 cm³/mol. The highest BCUT2D eigenvalue weighted by Gasteiger charge is 2.13. The maximum Gasteiger partial charge on any atom is 0.306 e. The van der Waals surface area contributed by atoms with Gasteiger partial charge in [0.15, 0.2) is 0 Å². The van der Waals surface area contributed by atoms with Gasteiger partial charge >= 0.3 is 5.97 Å². The van der Waals surface area contributed by atoms with Crippen LogP contribution in [0.4, 0.5) is 4.39 Å². The fraction of sp³-hybridized carbons (Fsp3) is 0.417. The lowest BCUT2D eigenvalue weighted by Gasteiger charge is -2.11. The summed E-state index contributed by atoms with van der Waals surface area (Å²) in [6.07, 6.45) is 0.311. The van der Waals surface area contributed by atoms with Crippen LogP contribution in [0.2, 0.25) is 0 Å². The zero-order valence-electron chi connectivity index (χ0n) is 9.30. The molecule has 0 radical (unpaired) electrons. The highest BCUT2D eigenvalue weighted by atomic mass is 79.9. The van der Waals surface area contributed by atoms with Gasteiger partial charge in [0.25, 0.3) is 0 Å². The second-order valence-electron chi connectivity index (χ2n) is 3.58. The molecule has 4 heteroatoms. The SMILES string of the molecule is CCOC(=O)CC(C)c1ccc(F)c(Br)c1. The number of hydrogen-bond donors (Lipinski definition) is 0. The molecule has 0 fully saturated rings. The molecule has 0 amide bonds. The van der Waals surface area contributed by atoms with Crippen molar-refractivity contribution in [3.8, 4) is 0 Å². The van der Waals surface area contributed by atoms with Crippen LogP contribution in [0.5, 0.6) is 0 Å². The Labute approximate surface area is 103 Å². The van der Waals surface area contributed by atoms with Gasteiger partial charge in [-0.2, -0.15) is 0 Å². The number of benzene rings is 1. The first kappa shape index (κ1) is 13.2. The van der Waals surface area contributed by atoms with Gasteiger partial charge in [0.1, 0.15) is 5.82 Å². The van der Waals surface area contributed by atoms with Gasteiger partial charge in [0, 0.05) is 0 Å². The average molecular weight is 289 g/mol. The Morgan fingerprint density at radius 2 is 2.25 bits per heavy atom. The zero-order valence-corrected chi connectivity index (χ0v) is 10.9. The Balaban J connectivity index is 2.69. The number of carbonyl (C=O) groups excluding carboxylic acids is 1. The maximum absolute atomic E-state index is 13.0. The Bertz CT molecular complexity index is 379. The predicted octanol–water partition coefficient (Wildman–Crippen LogP) is 3.64. The Kier molecular flexibility index (Phi) is 4.93. The molecule has 0 aliphatic carbocycles. The molecule has 0 aromatic heterocycles. The molecule has 1 unspecified atom stereocenters. The monoisotopic (exact) mass is 288 g/mol. The molecule has 1 rings (SSSR count). The van der Waals surface area contributed by atoms with Crippen molar-refractivity contribution in [2.45, 2.75) is 26.2 Å². The lowest BCUT2D eigenvalue weighted by atomic mass is 9.98. The minimum Gasteiger partial charge on any atom is -0.466 e. The van der Waals surface area contributed by atoms with E-state index >= 15 is 0 Å². The van der Waals surface area contributed by atoms with E-state index in [4.69, 9.17) is 4.74 Å². The van der Waals surface area contributed by atoms with Crippen LogP contribution in [0.3, 0.4) is 0 Å². The number of rotatable bonds is 4. The van der Waals surface area contributed by atoms with Crippen LogP contribution < -0.4 is 0 Å². The van der Waals surface area contributed by atoms with Crippen molar-refractivity contribution < 1.29 is 13.9 Å². The molecule has 0 saturated carbocycles. The molecule has 2 nitrogen and oxygen atoms in total. The lowest BCUT2D eigenvalue weighted by molar-refractivity contribution is -0.143. The van der Waals surface area contributed by atoms with Crippen molar-refractivity contribution in [1.82, 2.24) is 0 Å². The number of carbonyl (C=O) groups is 1. The molecule has 1 atom stereocenters. The van der Waals surface area contributed by atoms with Gasteiger partial charge < -0.3 is 4.74 Å². The standard InChI is InChI=1S/C12H14BrFO2/c1-3-16-12(15)6-8(2)9-4-5-11(14)10(13)7-9/h4-5,7-8H,3,6H2,1-2H3. The largest absolute Gasteiger partial charge is 0.466 e. The summed E-state index contributed by atoms with van der Waals surface area (Å²) >= 11 is 3.12. The van der Waals surface area contributed by atoms with Crippen LogP contribution in [-0.2, 0) is 9.53 Å². The number of hydrogen-bond acceptors (Lipinski definition) is 2. The van der Waals surface area contributed by atoms with Crippen LogP contribution in [0.1, 0.15) is 31.7 Å². The normalized spacial score (nSPS) is 12.2. The number of ether oxygens (including phenoxy) is 1. The van der Waals surface area contributed by atoms with Crippen LogP contribution >= 0.6 is 15.9 Å². The molecule has 0 N–H and O–H groups in total. The number of halogens is 2. The maximum atomic E-state index is 13.0. The van der Waals surface area contributed by atoms with Crippen LogP contribution in [-0.4, -0.2) is 12.6 Å². The molecular formula is C12H14BrFO2. The van der Waals surface area contributed by atoms with E-state index in [9.17, 15) is 9.18 Å². The summed E-state index contributed by atoms with van der Waals surface area (Å²) < 4.78 is 18.3. The fourth-order valence-electron chi connectivity index (χ4n) is 1.41. The third kappa shape index (κ3) is 3.59. The van der Waals surface area contributed by atoms with E-state index in [1.54, 1.807) is 19.1 Å². The fourth-order valence-corrected chi connectivity index (χ4v) is 1.80. The van der Waals surface area contributed by atoms with E-state index in [2.05, 4.69) is 15.9 Å². The van der Waals surface area contributed by atoms with Crippen LogP contribution in [0, 0.1) is 5.82 Å². The Hall–Kier alpha value is -0.900. The third-order valence-electron chi connectivity index (χ3n) is 2.29. The summed E-state index contributed by atoms with van der Waals surface area (Å²) in [4.78, 5) is 11.3. The highest BCUT2D eigenvalue weighted by Crippen LogP contribution is 2.24. The minimum atomic E-state index is -0.299. The molecule has 0 saturated heterocycles. The van der Waals surface area contributed by atoms with Crippen molar-refractivity contribution >= 4 is 21.9 Å². The van der Waals surface area contributed by atoms with E-state index in [-0.39, 0.29) is 17.7 Å². The highest BCUT2D eigenvalue weighted by molar-refractivity contribution is 9.10. The summed E-state index contributed by atoms with van der Waals surface area (Å²) in [6, 6.07) is 4.77. The summed E-state index contributed by atoms with van der Waals surface area (Å²) in [5.41, 5.74) is 0.918. The summed E-state index contributed by atoms with van der Waals surface area (Å²) in [6.45, 7) is 4.08. The second-order valence-corrected chi connectivity index (χ2v) is 4.44. The molecule has 0 bridgehead atoms. The van der Waals surface area contributed by atoms with E-state index in [1.807, 2.05) is 6.92 Å². The van der Waals surface area contributed by atoms with Gasteiger partial charge in [-0.3, -0.25) is 4.79 Å². The lowest BCUT2D eigenvalue weighted by Crippen LogP contribution is -2.08. The van der Waals surface area contributed by atoms with Gasteiger partial charge in [0.2, 0.25) is 0 Å². The first-order chi connectivity index (χ1) is 7.54. The number of esters is 1. The molecule has 1 aromatic rings. The van der Waals surface area contributed by atoms with Gasteiger partial charge in [-0.1, -0.05) is 13.0 Å². The molecule has 16 heavy (non-hydrogen) atoms.